The number of rotatable bonds is 8. The maximum Gasteiger partial charge on any atom is 0.310 e. The second-order valence-electron chi connectivity index (χ2n) is 7.24. The molecule has 0 aromatic carbocycles. The number of hydrogen-bond acceptors (Lipinski definition) is 4. The number of nitrogens with zero attached hydrogens (tertiary/aromatic N) is 2. The fourth-order valence-electron chi connectivity index (χ4n) is 3.36. The van der Waals surface area contributed by atoms with Gasteiger partial charge in [-0.15, -0.1) is 0 Å². The molecule has 2 amide bonds. The molecular weight excluding hydrogens is 320 g/mol. The number of amides is 2. The highest BCUT2D eigenvalue weighted by Gasteiger charge is 2.35. The minimum atomic E-state index is -0.212. The van der Waals surface area contributed by atoms with Crippen LogP contribution in [-0.4, -0.2) is 59.9 Å². The van der Waals surface area contributed by atoms with Crippen LogP contribution in [0.25, 0.3) is 0 Å². The zero-order valence-corrected chi connectivity index (χ0v) is 15.8. The molecule has 2 unspecified atom stereocenters. The average Bonchev–Trinajstić information content (AvgIpc) is 3.46. The van der Waals surface area contributed by atoms with E-state index in [1.165, 1.54) is 0 Å². The summed E-state index contributed by atoms with van der Waals surface area (Å²) in [6.07, 6.45) is 4.78. The highest BCUT2D eigenvalue weighted by molar-refractivity contribution is 5.83. The third kappa shape index (κ3) is 5.44. The van der Waals surface area contributed by atoms with E-state index in [0.29, 0.717) is 32.7 Å². The standard InChI is InChI=1S/C19H32N2O4/c1-4-14(3)21(18(23)15-8-9-15)12-10-17(22)20-11-6-7-16(13-20)19(24)25-5-2/h14-16H,4-13H2,1-3H3. The highest BCUT2D eigenvalue weighted by atomic mass is 16.5. The van der Waals surface area contributed by atoms with Crippen LogP contribution < -0.4 is 0 Å². The number of likely N-dealkylation sites (tertiary alicyclic amines) is 1. The highest BCUT2D eigenvalue weighted by Crippen LogP contribution is 2.32. The van der Waals surface area contributed by atoms with Crippen molar-refractivity contribution in [3.05, 3.63) is 0 Å². The van der Waals surface area contributed by atoms with Crippen LogP contribution in [0, 0.1) is 11.8 Å². The van der Waals surface area contributed by atoms with Crippen LogP contribution >= 0.6 is 0 Å². The first-order chi connectivity index (χ1) is 12.0. The van der Waals surface area contributed by atoms with E-state index < -0.39 is 0 Å². The lowest BCUT2D eigenvalue weighted by Gasteiger charge is -2.33. The molecule has 2 atom stereocenters. The Hall–Kier alpha value is -1.59. The summed E-state index contributed by atoms with van der Waals surface area (Å²) >= 11 is 0. The summed E-state index contributed by atoms with van der Waals surface area (Å²) in [7, 11) is 0. The van der Waals surface area contributed by atoms with Gasteiger partial charge in [0.2, 0.25) is 11.8 Å². The minimum Gasteiger partial charge on any atom is -0.466 e. The molecule has 0 aromatic rings. The van der Waals surface area contributed by atoms with E-state index in [4.69, 9.17) is 4.74 Å². The van der Waals surface area contributed by atoms with Crippen molar-refractivity contribution in [2.75, 3.05) is 26.2 Å². The lowest BCUT2D eigenvalue weighted by atomic mass is 9.98. The van der Waals surface area contributed by atoms with Gasteiger partial charge < -0.3 is 14.5 Å². The molecule has 1 saturated heterocycles. The summed E-state index contributed by atoms with van der Waals surface area (Å²) in [5.41, 5.74) is 0. The number of ether oxygens (including phenoxy) is 1. The Morgan fingerprint density at radius 1 is 1.16 bits per heavy atom. The van der Waals surface area contributed by atoms with Crippen LogP contribution in [0.1, 0.15) is 59.3 Å². The number of esters is 1. The Balaban J connectivity index is 1.86. The van der Waals surface area contributed by atoms with E-state index in [0.717, 1.165) is 32.1 Å². The van der Waals surface area contributed by atoms with Crippen molar-refractivity contribution in [1.82, 2.24) is 9.80 Å². The largest absolute Gasteiger partial charge is 0.466 e. The van der Waals surface area contributed by atoms with Gasteiger partial charge in [-0.05, 0) is 46.0 Å². The summed E-state index contributed by atoms with van der Waals surface area (Å²) in [4.78, 5) is 40.6. The van der Waals surface area contributed by atoms with Gasteiger partial charge in [0.15, 0.2) is 0 Å². The molecule has 6 nitrogen and oxygen atoms in total. The number of carbonyl (C=O) groups excluding carboxylic acids is 3. The summed E-state index contributed by atoms with van der Waals surface area (Å²) in [5, 5.41) is 0. The molecule has 1 aliphatic carbocycles. The molecule has 2 rings (SSSR count). The third-order valence-electron chi connectivity index (χ3n) is 5.29. The van der Waals surface area contributed by atoms with Crippen LogP contribution in [0.4, 0.5) is 0 Å². The van der Waals surface area contributed by atoms with Crippen molar-refractivity contribution in [3.63, 3.8) is 0 Å². The second-order valence-corrected chi connectivity index (χ2v) is 7.24. The fraction of sp³-hybridized carbons (Fsp3) is 0.842. The Labute approximate surface area is 150 Å². The lowest BCUT2D eigenvalue weighted by Crippen LogP contribution is -2.45. The van der Waals surface area contributed by atoms with Crippen molar-refractivity contribution >= 4 is 17.8 Å². The van der Waals surface area contributed by atoms with E-state index >= 15 is 0 Å². The van der Waals surface area contributed by atoms with Gasteiger partial charge >= 0.3 is 5.97 Å². The molecule has 142 valence electrons. The fourth-order valence-corrected chi connectivity index (χ4v) is 3.36. The van der Waals surface area contributed by atoms with Gasteiger partial charge in [0, 0.05) is 38.0 Å². The molecular formula is C19H32N2O4. The van der Waals surface area contributed by atoms with Crippen LogP contribution in [-0.2, 0) is 19.1 Å². The van der Waals surface area contributed by atoms with Crippen LogP contribution in [0.2, 0.25) is 0 Å². The summed E-state index contributed by atoms with van der Waals surface area (Å²) in [6, 6.07) is 0.162. The average molecular weight is 352 g/mol. The molecule has 2 aliphatic rings. The second kappa shape index (κ2) is 9.20. The first-order valence-corrected chi connectivity index (χ1v) is 9.72. The van der Waals surface area contributed by atoms with Gasteiger partial charge in [0.1, 0.15) is 0 Å². The van der Waals surface area contributed by atoms with Crippen molar-refractivity contribution in [2.45, 2.75) is 65.3 Å². The van der Waals surface area contributed by atoms with Crippen molar-refractivity contribution in [1.29, 1.82) is 0 Å². The molecule has 1 aliphatic heterocycles. The van der Waals surface area contributed by atoms with E-state index in [9.17, 15) is 14.4 Å². The number of carbonyl (C=O) groups is 3. The maximum absolute atomic E-state index is 12.6. The first-order valence-electron chi connectivity index (χ1n) is 9.72. The Morgan fingerprint density at radius 2 is 1.88 bits per heavy atom. The zero-order chi connectivity index (χ0) is 18.4. The van der Waals surface area contributed by atoms with E-state index in [1.54, 1.807) is 11.8 Å². The van der Waals surface area contributed by atoms with E-state index in [2.05, 4.69) is 6.92 Å². The molecule has 25 heavy (non-hydrogen) atoms. The Kier molecular flexibility index (Phi) is 7.26. The van der Waals surface area contributed by atoms with Gasteiger partial charge in [-0.25, -0.2) is 0 Å². The molecule has 1 saturated carbocycles. The van der Waals surface area contributed by atoms with Crippen LogP contribution in [0.15, 0.2) is 0 Å². The Bertz CT molecular complexity index is 490. The lowest BCUT2D eigenvalue weighted by molar-refractivity contribution is -0.151. The van der Waals surface area contributed by atoms with Crippen LogP contribution in [0.5, 0.6) is 0 Å². The van der Waals surface area contributed by atoms with Gasteiger partial charge in [0.05, 0.1) is 12.5 Å². The topological polar surface area (TPSA) is 66.9 Å². The molecule has 6 heteroatoms. The van der Waals surface area contributed by atoms with Gasteiger partial charge in [-0.2, -0.15) is 0 Å². The van der Waals surface area contributed by atoms with Gasteiger partial charge in [-0.1, -0.05) is 6.92 Å². The maximum atomic E-state index is 12.6. The SMILES string of the molecule is CCOC(=O)C1CCCN(C(=O)CCN(C(=O)C2CC2)C(C)CC)C1. The summed E-state index contributed by atoms with van der Waals surface area (Å²) in [6.45, 7) is 7.88. The number of piperidine rings is 1. The Morgan fingerprint density at radius 3 is 2.48 bits per heavy atom. The minimum absolute atomic E-state index is 0.0332. The predicted octanol–water partition coefficient (Wildman–Crippen LogP) is 2.22. The number of hydrogen-bond donors (Lipinski definition) is 0. The van der Waals surface area contributed by atoms with E-state index in [1.807, 2.05) is 11.8 Å². The van der Waals surface area contributed by atoms with Crippen molar-refractivity contribution in [2.24, 2.45) is 11.8 Å². The summed E-state index contributed by atoms with van der Waals surface area (Å²) < 4.78 is 5.09. The molecule has 0 aromatic heterocycles. The predicted molar refractivity (Wildman–Crippen MR) is 94.7 cm³/mol. The molecule has 0 radical (unpaired) electrons. The zero-order valence-electron chi connectivity index (χ0n) is 15.8. The van der Waals surface area contributed by atoms with Crippen LogP contribution in [0.3, 0.4) is 0 Å². The van der Waals surface area contributed by atoms with Crippen molar-refractivity contribution in [3.8, 4) is 0 Å². The molecule has 1 heterocycles. The third-order valence-corrected chi connectivity index (χ3v) is 5.29. The molecule has 0 spiro atoms. The monoisotopic (exact) mass is 352 g/mol. The quantitative estimate of drug-likeness (QED) is 0.628. The van der Waals surface area contributed by atoms with Crippen molar-refractivity contribution < 1.29 is 19.1 Å². The van der Waals surface area contributed by atoms with E-state index in [-0.39, 0.29) is 35.7 Å². The molecule has 0 bridgehead atoms. The smallest absolute Gasteiger partial charge is 0.310 e. The summed E-state index contributed by atoms with van der Waals surface area (Å²) in [5.74, 6) is -0.00932. The van der Waals surface area contributed by atoms with Gasteiger partial charge in [0.25, 0.3) is 0 Å². The first kappa shape index (κ1) is 19.7. The molecule has 2 fully saturated rings. The molecule has 0 N–H and O–H groups in total. The van der Waals surface area contributed by atoms with Gasteiger partial charge in [-0.3, -0.25) is 14.4 Å². The normalized spacial score (nSPS) is 21.6.